The van der Waals surface area contributed by atoms with E-state index in [-0.39, 0.29) is 11.4 Å². The molecule has 1 heterocycles. The number of carbonyl (C=O) groups excluding carboxylic acids is 1. The Balaban J connectivity index is 2.28. The molecule has 0 aliphatic carbocycles. The Morgan fingerprint density at radius 2 is 1.87 bits per heavy atom. The van der Waals surface area contributed by atoms with Crippen LogP contribution in [0.1, 0.15) is 30.0 Å². The van der Waals surface area contributed by atoms with Gasteiger partial charge in [0.15, 0.2) is 0 Å². The molecule has 0 aliphatic rings. The third-order valence-electron chi connectivity index (χ3n) is 3.30. The lowest BCUT2D eigenvalue weighted by molar-refractivity contribution is 0.102. The van der Waals surface area contributed by atoms with Crippen molar-refractivity contribution in [3.63, 3.8) is 0 Å². The van der Waals surface area contributed by atoms with Gasteiger partial charge in [0.25, 0.3) is 5.91 Å². The van der Waals surface area contributed by atoms with E-state index in [2.05, 4.69) is 15.3 Å². The van der Waals surface area contributed by atoms with Crippen molar-refractivity contribution in [2.45, 2.75) is 20.8 Å². The lowest BCUT2D eigenvalue weighted by atomic mass is 10.2. The first-order valence-electron chi connectivity index (χ1n) is 7.31. The summed E-state index contributed by atoms with van der Waals surface area (Å²) in [5.74, 6) is -1.68. The van der Waals surface area contributed by atoms with Crippen LogP contribution in [0, 0.1) is 18.6 Å². The molecule has 7 heteroatoms. The van der Waals surface area contributed by atoms with E-state index in [0.717, 1.165) is 6.07 Å². The number of nitrogens with one attached hydrogen (secondary N) is 1. The quantitative estimate of drug-likeness (QED) is 0.919. The Labute approximate surface area is 133 Å². The van der Waals surface area contributed by atoms with Crippen molar-refractivity contribution in [3.8, 4) is 0 Å². The fourth-order valence-electron chi connectivity index (χ4n) is 2.09. The fraction of sp³-hybridized carbons (Fsp3) is 0.312. The third-order valence-corrected chi connectivity index (χ3v) is 3.30. The van der Waals surface area contributed by atoms with Crippen molar-refractivity contribution in [3.05, 3.63) is 47.3 Å². The molecule has 1 N–H and O–H groups in total. The molecule has 0 aliphatic heterocycles. The van der Waals surface area contributed by atoms with Crippen LogP contribution in [0.15, 0.2) is 24.3 Å². The van der Waals surface area contributed by atoms with Crippen molar-refractivity contribution in [2.24, 2.45) is 0 Å². The highest BCUT2D eigenvalue weighted by Crippen LogP contribution is 2.17. The molecule has 0 radical (unpaired) electrons. The zero-order valence-corrected chi connectivity index (χ0v) is 13.2. The number of hydrogen-bond acceptors (Lipinski definition) is 4. The maximum absolute atomic E-state index is 13.6. The molecule has 2 aromatic rings. The van der Waals surface area contributed by atoms with Gasteiger partial charge in [-0.3, -0.25) is 4.79 Å². The van der Waals surface area contributed by atoms with Crippen molar-refractivity contribution in [1.29, 1.82) is 0 Å². The molecule has 1 amide bonds. The van der Waals surface area contributed by atoms with E-state index in [4.69, 9.17) is 0 Å². The zero-order chi connectivity index (χ0) is 17.0. The lowest BCUT2D eigenvalue weighted by Crippen LogP contribution is -2.26. The number of benzene rings is 1. The summed E-state index contributed by atoms with van der Waals surface area (Å²) in [6, 6.07) is 4.47. The molecule has 23 heavy (non-hydrogen) atoms. The first kappa shape index (κ1) is 16.8. The molecule has 1 aromatic heterocycles. The maximum Gasteiger partial charge on any atom is 0.274 e. The predicted molar refractivity (Wildman–Crippen MR) is 84.6 cm³/mol. The topological polar surface area (TPSA) is 58.1 Å². The second kappa shape index (κ2) is 7.13. The van der Waals surface area contributed by atoms with E-state index in [1.807, 2.05) is 18.7 Å². The number of carbonyl (C=O) groups is 1. The van der Waals surface area contributed by atoms with Crippen molar-refractivity contribution in [1.82, 2.24) is 9.97 Å². The Morgan fingerprint density at radius 1 is 1.17 bits per heavy atom. The molecule has 0 bridgehead atoms. The molecular formula is C16H18F2N4O. The molecule has 0 unspecified atom stereocenters. The average Bonchev–Trinajstić information content (AvgIpc) is 2.50. The minimum atomic E-state index is -0.840. The van der Waals surface area contributed by atoms with Crippen molar-refractivity contribution in [2.75, 3.05) is 23.3 Å². The van der Waals surface area contributed by atoms with E-state index in [0.29, 0.717) is 30.8 Å². The second-order valence-corrected chi connectivity index (χ2v) is 4.95. The Kier molecular flexibility index (Phi) is 5.20. The summed E-state index contributed by atoms with van der Waals surface area (Å²) in [4.78, 5) is 22.7. The van der Waals surface area contributed by atoms with Gasteiger partial charge in [-0.2, -0.15) is 0 Å². The van der Waals surface area contributed by atoms with Crippen LogP contribution in [0.2, 0.25) is 0 Å². The fourth-order valence-corrected chi connectivity index (χ4v) is 2.09. The van der Waals surface area contributed by atoms with Gasteiger partial charge in [-0.15, -0.1) is 0 Å². The Bertz CT molecular complexity index is 717. The minimum absolute atomic E-state index is 0.0999. The smallest absolute Gasteiger partial charge is 0.274 e. The number of anilines is 2. The van der Waals surface area contributed by atoms with E-state index in [1.54, 1.807) is 6.92 Å². The number of amides is 1. The van der Waals surface area contributed by atoms with Crippen LogP contribution in [0.25, 0.3) is 0 Å². The summed E-state index contributed by atoms with van der Waals surface area (Å²) in [5, 5.41) is 2.39. The molecule has 122 valence electrons. The van der Waals surface area contributed by atoms with Gasteiger partial charge < -0.3 is 10.2 Å². The molecule has 0 fully saturated rings. The SMILES string of the molecule is CCN(CC)c1nc(C)cc(C(=O)Nc2ccc(F)cc2F)n1. The molecular weight excluding hydrogens is 302 g/mol. The highest BCUT2D eigenvalue weighted by atomic mass is 19.1. The monoisotopic (exact) mass is 320 g/mol. The number of nitrogens with zero attached hydrogens (tertiary/aromatic N) is 3. The number of aryl methyl sites for hydroxylation is 1. The largest absolute Gasteiger partial charge is 0.341 e. The summed E-state index contributed by atoms with van der Waals surface area (Å²) < 4.78 is 26.5. The van der Waals surface area contributed by atoms with Crippen LogP contribution in [-0.2, 0) is 0 Å². The molecule has 2 rings (SSSR count). The van der Waals surface area contributed by atoms with E-state index >= 15 is 0 Å². The van der Waals surface area contributed by atoms with Gasteiger partial charge in [-0.1, -0.05) is 0 Å². The van der Waals surface area contributed by atoms with Gasteiger partial charge >= 0.3 is 0 Å². The second-order valence-electron chi connectivity index (χ2n) is 4.95. The van der Waals surface area contributed by atoms with Crippen molar-refractivity contribution >= 4 is 17.5 Å². The molecule has 0 spiro atoms. The van der Waals surface area contributed by atoms with Gasteiger partial charge in [-0.25, -0.2) is 18.7 Å². The maximum atomic E-state index is 13.6. The van der Waals surface area contributed by atoms with Gasteiger partial charge in [0, 0.05) is 24.8 Å². The van der Waals surface area contributed by atoms with Crippen LogP contribution in [-0.4, -0.2) is 29.0 Å². The normalized spacial score (nSPS) is 10.5. The molecule has 0 saturated carbocycles. The van der Waals surface area contributed by atoms with Gasteiger partial charge in [0.1, 0.15) is 17.3 Å². The van der Waals surface area contributed by atoms with Crippen LogP contribution in [0.4, 0.5) is 20.4 Å². The van der Waals surface area contributed by atoms with Crippen LogP contribution in [0.3, 0.4) is 0 Å². The van der Waals surface area contributed by atoms with E-state index in [9.17, 15) is 13.6 Å². The summed E-state index contributed by atoms with van der Waals surface area (Å²) >= 11 is 0. The zero-order valence-electron chi connectivity index (χ0n) is 13.2. The number of rotatable bonds is 5. The molecule has 0 saturated heterocycles. The predicted octanol–water partition coefficient (Wildman–Crippen LogP) is 3.16. The van der Waals surface area contributed by atoms with Crippen LogP contribution >= 0.6 is 0 Å². The molecule has 1 aromatic carbocycles. The highest BCUT2D eigenvalue weighted by Gasteiger charge is 2.15. The van der Waals surface area contributed by atoms with Gasteiger partial charge in [-0.05, 0) is 39.0 Å². The van der Waals surface area contributed by atoms with Gasteiger partial charge in [0.05, 0.1) is 5.69 Å². The highest BCUT2D eigenvalue weighted by molar-refractivity contribution is 6.03. The first-order valence-corrected chi connectivity index (χ1v) is 7.31. The number of hydrogen-bond donors (Lipinski definition) is 1. The van der Waals surface area contributed by atoms with Gasteiger partial charge in [0.2, 0.25) is 5.95 Å². The first-order chi connectivity index (χ1) is 10.9. The minimum Gasteiger partial charge on any atom is -0.341 e. The third kappa shape index (κ3) is 4.00. The van der Waals surface area contributed by atoms with E-state index < -0.39 is 17.5 Å². The standard InChI is InChI=1S/C16H18F2N4O/c1-4-22(5-2)16-19-10(3)8-14(21-16)15(23)20-13-7-6-11(17)9-12(13)18/h6-9H,4-5H2,1-3H3,(H,20,23). The Hall–Kier alpha value is -2.57. The van der Waals surface area contributed by atoms with Crippen molar-refractivity contribution < 1.29 is 13.6 Å². The summed E-state index contributed by atoms with van der Waals surface area (Å²) in [5.41, 5.74) is 0.659. The summed E-state index contributed by atoms with van der Waals surface area (Å²) in [6.07, 6.45) is 0. The average molecular weight is 320 g/mol. The Morgan fingerprint density at radius 3 is 2.48 bits per heavy atom. The lowest BCUT2D eigenvalue weighted by Gasteiger charge is -2.19. The molecule has 5 nitrogen and oxygen atoms in total. The molecule has 0 atom stereocenters. The van der Waals surface area contributed by atoms with Crippen LogP contribution < -0.4 is 10.2 Å². The number of aromatic nitrogens is 2. The summed E-state index contributed by atoms with van der Waals surface area (Å²) in [7, 11) is 0. The van der Waals surface area contributed by atoms with E-state index in [1.165, 1.54) is 12.1 Å². The number of halogens is 2. The van der Waals surface area contributed by atoms with Crippen LogP contribution in [0.5, 0.6) is 0 Å². The summed E-state index contributed by atoms with van der Waals surface area (Å²) in [6.45, 7) is 7.08.